The molecule has 1 saturated carbocycles. The summed E-state index contributed by atoms with van der Waals surface area (Å²) in [6, 6.07) is 11.4. The van der Waals surface area contributed by atoms with E-state index in [1.807, 2.05) is 57.2 Å². The number of pyridine rings is 1. The molecule has 2 heterocycles. The molecule has 1 aliphatic carbocycles. The van der Waals surface area contributed by atoms with Gasteiger partial charge in [-0.25, -0.2) is 4.98 Å². The number of ether oxygens (including phenoxy) is 1. The molecular formula is C27H31N3O3. The van der Waals surface area contributed by atoms with Crippen molar-refractivity contribution < 1.29 is 14.3 Å². The SMILES string of the molecule is CCOc1ccc([C@H]2C(C(=O)Nc3cc(C)ccn3)=C(C)N=C3CC(C)(C)CC(=O)C32)cc1. The summed E-state index contributed by atoms with van der Waals surface area (Å²) >= 11 is 0. The lowest BCUT2D eigenvalue weighted by Gasteiger charge is -2.41. The van der Waals surface area contributed by atoms with Gasteiger partial charge in [-0.2, -0.15) is 0 Å². The van der Waals surface area contributed by atoms with Gasteiger partial charge in [0.15, 0.2) is 0 Å². The minimum Gasteiger partial charge on any atom is -0.494 e. The number of aromatic nitrogens is 1. The Hall–Kier alpha value is -3.28. The first kappa shape index (κ1) is 22.9. The van der Waals surface area contributed by atoms with E-state index in [1.165, 1.54) is 0 Å². The van der Waals surface area contributed by atoms with Crippen LogP contribution in [0.1, 0.15) is 57.6 Å². The molecule has 2 aliphatic rings. The Labute approximate surface area is 195 Å². The Morgan fingerprint density at radius 3 is 2.52 bits per heavy atom. The minimum atomic E-state index is -0.439. The van der Waals surface area contributed by atoms with Gasteiger partial charge >= 0.3 is 0 Å². The zero-order valence-corrected chi connectivity index (χ0v) is 19.9. The molecule has 1 N–H and O–H groups in total. The highest BCUT2D eigenvalue weighted by Gasteiger charge is 2.47. The molecule has 2 atom stereocenters. The maximum absolute atomic E-state index is 13.5. The number of carbonyl (C=O) groups is 2. The van der Waals surface area contributed by atoms with Crippen molar-refractivity contribution >= 4 is 23.2 Å². The molecule has 2 aromatic rings. The fraction of sp³-hybridized carbons (Fsp3) is 0.407. The first-order valence-electron chi connectivity index (χ1n) is 11.5. The average Bonchev–Trinajstić information content (AvgIpc) is 2.72. The van der Waals surface area contributed by atoms with Crippen molar-refractivity contribution in [2.75, 3.05) is 11.9 Å². The molecule has 1 aliphatic heterocycles. The van der Waals surface area contributed by atoms with Crippen LogP contribution in [0.4, 0.5) is 5.82 Å². The van der Waals surface area contributed by atoms with Crippen LogP contribution in [-0.2, 0) is 9.59 Å². The van der Waals surface area contributed by atoms with Gasteiger partial charge in [0.2, 0.25) is 0 Å². The number of aryl methyl sites for hydroxylation is 1. The molecule has 1 amide bonds. The summed E-state index contributed by atoms with van der Waals surface area (Å²) in [6.07, 6.45) is 2.88. The second-order valence-corrected chi connectivity index (χ2v) is 9.72. The van der Waals surface area contributed by atoms with E-state index in [0.717, 1.165) is 29.0 Å². The second kappa shape index (κ2) is 8.93. The van der Waals surface area contributed by atoms with E-state index >= 15 is 0 Å². The van der Waals surface area contributed by atoms with Crippen LogP contribution in [0, 0.1) is 18.3 Å². The number of benzene rings is 1. The fourth-order valence-corrected chi connectivity index (χ4v) is 4.98. The highest BCUT2D eigenvalue weighted by atomic mass is 16.5. The number of Topliss-reactive ketones (excluding diaryl/α,β-unsaturated/α-hetero) is 1. The number of fused-ring (bicyclic) bond motifs is 1. The Morgan fingerprint density at radius 1 is 1.12 bits per heavy atom. The van der Waals surface area contributed by atoms with E-state index in [4.69, 9.17) is 9.73 Å². The third kappa shape index (κ3) is 4.75. The summed E-state index contributed by atoms with van der Waals surface area (Å²) < 4.78 is 5.60. The third-order valence-corrected chi connectivity index (χ3v) is 6.32. The number of hydrogen-bond donors (Lipinski definition) is 1. The lowest BCUT2D eigenvalue weighted by molar-refractivity contribution is -0.124. The monoisotopic (exact) mass is 445 g/mol. The standard InChI is InChI=1S/C27H31N3O3/c1-6-33-19-9-7-18(8-10-19)24-23(26(32)30-22-13-16(2)11-12-28-22)17(3)29-20-14-27(4,5)15-21(31)25(20)24/h7-13,24-25H,6,14-15H2,1-5H3,(H,28,30,32)/t24-,25?/m0/s1. The zero-order valence-electron chi connectivity index (χ0n) is 19.9. The average molecular weight is 446 g/mol. The van der Waals surface area contributed by atoms with Crippen molar-refractivity contribution in [3.63, 3.8) is 0 Å². The van der Waals surface area contributed by atoms with E-state index in [2.05, 4.69) is 24.1 Å². The number of aliphatic imine (C=N–C) groups is 1. The maximum Gasteiger partial charge on any atom is 0.255 e. The lowest BCUT2D eigenvalue weighted by Crippen LogP contribution is -2.44. The molecule has 172 valence electrons. The molecule has 6 nitrogen and oxygen atoms in total. The summed E-state index contributed by atoms with van der Waals surface area (Å²) in [4.78, 5) is 36.0. The molecular weight excluding hydrogens is 414 g/mol. The molecule has 1 unspecified atom stereocenters. The fourth-order valence-electron chi connectivity index (χ4n) is 4.98. The van der Waals surface area contributed by atoms with E-state index in [9.17, 15) is 9.59 Å². The molecule has 1 aromatic heterocycles. The van der Waals surface area contributed by atoms with Gasteiger partial charge in [0.25, 0.3) is 5.91 Å². The molecule has 0 bridgehead atoms. The molecule has 33 heavy (non-hydrogen) atoms. The number of nitrogens with one attached hydrogen (secondary N) is 1. The molecule has 6 heteroatoms. The Morgan fingerprint density at radius 2 is 1.85 bits per heavy atom. The smallest absolute Gasteiger partial charge is 0.255 e. The van der Waals surface area contributed by atoms with Crippen molar-refractivity contribution in [1.82, 2.24) is 4.98 Å². The normalized spacial score (nSPS) is 21.8. The van der Waals surface area contributed by atoms with Crippen molar-refractivity contribution in [1.29, 1.82) is 0 Å². The van der Waals surface area contributed by atoms with Crippen LogP contribution in [0.15, 0.2) is 58.9 Å². The van der Waals surface area contributed by atoms with Gasteiger partial charge < -0.3 is 10.1 Å². The largest absolute Gasteiger partial charge is 0.494 e. The van der Waals surface area contributed by atoms with E-state index in [1.54, 1.807) is 6.20 Å². The number of anilines is 1. The van der Waals surface area contributed by atoms with Crippen LogP contribution in [0.25, 0.3) is 0 Å². The lowest BCUT2D eigenvalue weighted by atomic mass is 9.63. The minimum absolute atomic E-state index is 0.135. The predicted octanol–water partition coefficient (Wildman–Crippen LogP) is 5.24. The third-order valence-electron chi connectivity index (χ3n) is 6.32. The Kier molecular flexibility index (Phi) is 6.19. The Balaban J connectivity index is 1.78. The van der Waals surface area contributed by atoms with Crippen molar-refractivity contribution in [3.8, 4) is 5.75 Å². The summed E-state index contributed by atoms with van der Waals surface area (Å²) in [5, 5.41) is 2.93. The van der Waals surface area contributed by atoms with Crippen LogP contribution >= 0.6 is 0 Å². The first-order chi connectivity index (χ1) is 15.7. The molecule has 1 aromatic carbocycles. The summed E-state index contributed by atoms with van der Waals surface area (Å²) in [7, 11) is 0. The van der Waals surface area contributed by atoms with Gasteiger partial charge in [-0.05, 0) is 68.0 Å². The second-order valence-electron chi connectivity index (χ2n) is 9.72. The van der Waals surface area contributed by atoms with Crippen molar-refractivity contribution in [3.05, 3.63) is 65.0 Å². The molecule has 4 rings (SSSR count). The number of carbonyl (C=O) groups excluding carboxylic acids is 2. The number of allylic oxidation sites excluding steroid dienone is 1. The number of ketones is 1. The van der Waals surface area contributed by atoms with Gasteiger partial charge in [0.1, 0.15) is 17.4 Å². The zero-order chi connectivity index (χ0) is 23.8. The summed E-state index contributed by atoms with van der Waals surface area (Å²) in [6.45, 7) is 10.5. The molecule has 0 saturated heterocycles. The highest BCUT2D eigenvalue weighted by molar-refractivity contribution is 6.14. The summed E-state index contributed by atoms with van der Waals surface area (Å²) in [5.41, 5.74) is 3.81. The van der Waals surface area contributed by atoms with Crippen LogP contribution in [0.2, 0.25) is 0 Å². The van der Waals surface area contributed by atoms with Crippen molar-refractivity contribution in [2.24, 2.45) is 16.3 Å². The van der Waals surface area contributed by atoms with E-state index < -0.39 is 11.8 Å². The van der Waals surface area contributed by atoms with Gasteiger partial charge in [0, 0.05) is 35.5 Å². The number of nitrogens with zero attached hydrogens (tertiary/aromatic N) is 2. The first-order valence-corrected chi connectivity index (χ1v) is 11.5. The molecule has 1 fully saturated rings. The Bertz CT molecular complexity index is 1150. The topological polar surface area (TPSA) is 80.7 Å². The van der Waals surface area contributed by atoms with Gasteiger partial charge in [-0.1, -0.05) is 26.0 Å². The van der Waals surface area contributed by atoms with Crippen molar-refractivity contribution in [2.45, 2.75) is 53.4 Å². The summed E-state index contributed by atoms with van der Waals surface area (Å²) in [5.74, 6) is 0.266. The van der Waals surface area contributed by atoms with Crippen LogP contribution in [-0.4, -0.2) is 29.0 Å². The maximum atomic E-state index is 13.5. The number of hydrogen-bond acceptors (Lipinski definition) is 5. The molecule has 0 radical (unpaired) electrons. The van der Waals surface area contributed by atoms with Gasteiger partial charge in [0.05, 0.1) is 12.5 Å². The number of rotatable bonds is 5. The quantitative estimate of drug-likeness (QED) is 0.682. The number of amides is 1. The van der Waals surface area contributed by atoms with E-state index in [-0.39, 0.29) is 17.1 Å². The highest BCUT2D eigenvalue weighted by Crippen LogP contribution is 2.47. The van der Waals surface area contributed by atoms with Crippen LogP contribution < -0.4 is 10.1 Å². The molecule has 0 spiro atoms. The van der Waals surface area contributed by atoms with Gasteiger partial charge in [-0.3, -0.25) is 14.6 Å². The predicted molar refractivity (Wildman–Crippen MR) is 130 cm³/mol. The van der Waals surface area contributed by atoms with Gasteiger partial charge in [-0.15, -0.1) is 0 Å². The van der Waals surface area contributed by atoms with E-state index in [0.29, 0.717) is 30.1 Å². The van der Waals surface area contributed by atoms with Crippen LogP contribution in [0.5, 0.6) is 5.75 Å². The van der Waals surface area contributed by atoms with Crippen LogP contribution in [0.3, 0.4) is 0 Å².